The lowest BCUT2D eigenvalue weighted by Crippen LogP contribution is -2.15. The Morgan fingerprint density at radius 2 is 1.88 bits per heavy atom. The monoisotopic (exact) mass is 340 g/mol. The van der Waals surface area contributed by atoms with Crippen molar-refractivity contribution in [3.8, 4) is 0 Å². The number of carbonyl (C=O) groups excluding carboxylic acids is 2. The van der Waals surface area contributed by atoms with Gasteiger partial charge in [0, 0.05) is 26.2 Å². The first kappa shape index (κ1) is 18.5. The zero-order valence-electron chi connectivity index (χ0n) is 14.7. The van der Waals surface area contributed by atoms with E-state index in [9.17, 15) is 9.59 Å². The Balaban J connectivity index is 1.91. The highest BCUT2D eigenvalue weighted by molar-refractivity contribution is 5.93. The number of aryl methyl sites for hydroxylation is 1. The quantitative estimate of drug-likeness (QED) is 0.454. The normalized spacial score (nSPS) is 10.3. The van der Waals surface area contributed by atoms with Gasteiger partial charge in [-0.3, -0.25) is 9.59 Å². The highest BCUT2D eigenvalue weighted by atomic mass is 16.5. The number of hydrogen-bond donors (Lipinski definition) is 1. The van der Waals surface area contributed by atoms with Crippen LogP contribution >= 0.6 is 0 Å². The molecule has 0 bridgehead atoms. The van der Waals surface area contributed by atoms with Gasteiger partial charge in [0.25, 0.3) is 0 Å². The van der Waals surface area contributed by atoms with Crippen LogP contribution in [0.4, 0.5) is 11.4 Å². The molecular formula is C20H24N2O3. The molecule has 5 nitrogen and oxygen atoms in total. The molecular weight excluding hydrogens is 316 g/mol. The van der Waals surface area contributed by atoms with E-state index >= 15 is 0 Å². The predicted octanol–water partition coefficient (Wildman–Crippen LogP) is 3.21. The third kappa shape index (κ3) is 5.08. The SMILES string of the molecule is CN(C)c1c(CCCC(=O)OCc2ccccc2)ccc(N)c1C=O. The molecule has 132 valence electrons. The van der Waals surface area contributed by atoms with Gasteiger partial charge < -0.3 is 15.4 Å². The van der Waals surface area contributed by atoms with Crippen molar-refractivity contribution in [1.82, 2.24) is 0 Å². The summed E-state index contributed by atoms with van der Waals surface area (Å²) < 4.78 is 5.28. The van der Waals surface area contributed by atoms with Crippen molar-refractivity contribution in [2.24, 2.45) is 0 Å². The molecule has 0 heterocycles. The Bertz CT molecular complexity index is 727. The predicted molar refractivity (Wildman–Crippen MR) is 99.7 cm³/mol. The highest BCUT2D eigenvalue weighted by Gasteiger charge is 2.14. The van der Waals surface area contributed by atoms with Crippen LogP contribution in [0, 0.1) is 0 Å². The third-order valence-corrected chi connectivity index (χ3v) is 3.97. The highest BCUT2D eigenvalue weighted by Crippen LogP contribution is 2.28. The fourth-order valence-corrected chi connectivity index (χ4v) is 2.76. The van der Waals surface area contributed by atoms with Gasteiger partial charge in [-0.15, -0.1) is 0 Å². The van der Waals surface area contributed by atoms with Gasteiger partial charge in [-0.1, -0.05) is 36.4 Å². The van der Waals surface area contributed by atoms with Crippen molar-refractivity contribution in [2.75, 3.05) is 24.7 Å². The molecule has 2 N–H and O–H groups in total. The van der Waals surface area contributed by atoms with Crippen molar-refractivity contribution < 1.29 is 14.3 Å². The van der Waals surface area contributed by atoms with Gasteiger partial charge in [0.1, 0.15) is 6.61 Å². The Morgan fingerprint density at radius 3 is 2.52 bits per heavy atom. The van der Waals surface area contributed by atoms with E-state index in [2.05, 4.69) is 0 Å². The van der Waals surface area contributed by atoms with Gasteiger partial charge in [0.05, 0.1) is 11.3 Å². The van der Waals surface area contributed by atoms with Crippen LogP contribution < -0.4 is 10.6 Å². The summed E-state index contributed by atoms with van der Waals surface area (Å²) in [5.41, 5.74) is 9.62. The van der Waals surface area contributed by atoms with E-state index in [0.717, 1.165) is 23.1 Å². The van der Waals surface area contributed by atoms with E-state index in [-0.39, 0.29) is 5.97 Å². The van der Waals surface area contributed by atoms with Gasteiger partial charge >= 0.3 is 5.97 Å². The summed E-state index contributed by atoms with van der Waals surface area (Å²) in [6.45, 7) is 0.291. The fourth-order valence-electron chi connectivity index (χ4n) is 2.76. The first-order valence-electron chi connectivity index (χ1n) is 8.26. The summed E-state index contributed by atoms with van der Waals surface area (Å²) in [4.78, 5) is 25.1. The van der Waals surface area contributed by atoms with Crippen molar-refractivity contribution >= 4 is 23.6 Å². The molecule has 2 rings (SSSR count). The first-order valence-corrected chi connectivity index (χ1v) is 8.26. The number of esters is 1. The third-order valence-electron chi connectivity index (χ3n) is 3.97. The van der Waals surface area contributed by atoms with Crippen LogP contribution in [0.15, 0.2) is 42.5 Å². The number of hydrogen-bond acceptors (Lipinski definition) is 5. The van der Waals surface area contributed by atoms with Crippen molar-refractivity contribution in [3.63, 3.8) is 0 Å². The molecule has 2 aromatic rings. The van der Waals surface area contributed by atoms with Crippen molar-refractivity contribution in [2.45, 2.75) is 25.9 Å². The van der Waals surface area contributed by atoms with Crippen LogP contribution in [0.25, 0.3) is 0 Å². The van der Waals surface area contributed by atoms with E-state index in [1.807, 2.05) is 55.4 Å². The molecule has 0 saturated carbocycles. The van der Waals surface area contributed by atoms with E-state index in [4.69, 9.17) is 10.5 Å². The number of benzene rings is 2. The molecule has 5 heteroatoms. The number of rotatable bonds is 8. The lowest BCUT2D eigenvalue weighted by atomic mass is 10.0. The molecule has 0 aromatic heterocycles. The maximum atomic E-state index is 11.9. The van der Waals surface area contributed by atoms with Crippen LogP contribution in [-0.2, 0) is 22.6 Å². The molecule has 0 aliphatic heterocycles. The number of aldehydes is 1. The number of nitrogen functional groups attached to an aromatic ring is 1. The van der Waals surface area contributed by atoms with Gasteiger partial charge in [0.15, 0.2) is 6.29 Å². The maximum Gasteiger partial charge on any atom is 0.306 e. The summed E-state index contributed by atoms with van der Waals surface area (Å²) in [5.74, 6) is -0.221. The lowest BCUT2D eigenvalue weighted by Gasteiger charge is -2.20. The lowest BCUT2D eigenvalue weighted by molar-refractivity contribution is -0.145. The summed E-state index contributed by atoms with van der Waals surface area (Å²) >= 11 is 0. The minimum Gasteiger partial charge on any atom is -0.461 e. The molecule has 25 heavy (non-hydrogen) atoms. The summed E-state index contributed by atoms with van der Waals surface area (Å²) in [6.07, 6.45) is 2.44. The number of nitrogens with zero attached hydrogens (tertiary/aromatic N) is 1. The fraction of sp³-hybridized carbons (Fsp3) is 0.300. The standard InChI is InChI=1S/C20H24N2O3/c1-22(2)20-16(11-12-18(21)17(20)13-23)9-6-10-19(24)25-14-15-7-4-3-5-8-15/h3-5,7-8,11-13H,6,9-10,14,21H2,1-2H3. The average Bonchev–Trinajstić information content (AvgIpc) is 2.61. The number of ether oxygens (including phenoxy) is 1. The zero-order chi connectivity index (χ0) is 18.2. The second kappa shape index (κ2) is 8.87. The van der Waals surface area contributed by atoms with E-state index in [1.165, 1.54) is 0 Å². The molecule has 0 fully saturated rings. The largest absolute Gasteiger partial charge is 0.461 e. The topological polar surface area (TPSA) is 72.6 Å². The molecule has 0 spiro atoms. The molecule has 0 unspecified atom stereocenters. The zero-order valence-corrected chi connectivity index (χ0v) is 14.7. The molecule has 2 aromatic carbocycles. The number of carbonyl (C=O) groups is 2. The van der Waals surface area contributed by atoms with E-state index in [1.54, 1.807) is 6.07 Å². The van der Waals surface area contributed by atoms with E-state index < -0.39 is 0 Å². The first-order chi connectivity index (χ1) is 12.0. The smallest absolute Gasteiger partial charge is 0.306 e. The Kier molecular flexibility index (Phi) is 6.57. The molecule has 0 radical (unpaired) electrons. The van der Waals surface area contributed by atoms with Crippen LogP contribution in [0.1, 0.15) is 34.3 Å². The minimum atomic E-state index is -0.221. The molecule has 0 aliphatic rings. The maximum absolute atomic E-state index is 11.9. The molecule has 0 amide bonds. The van der Waals surface area contributed by atoms with Gasteiger partial charge in [-0.05, 0) is 30.0 Å². The second-order valence-corrected chi connectivity index (χ2v) is 6.09. The van der Waals surface area contributed by atoms with Crippen LogP contribution in [0.2, 0.25) is 0 Å². The number of nitrogens with two attached hydrogens (primary N) is 1. The van der Waals surface area contributed by atoms with E-state index in [0.29, 0.717) is 37.1 Å². The average molecular weight is 340 g/mol. The van der Waals surface area contributed by atoms with Gasteiger partial charge in [-0.25, -0.2) is 0 Å². The van der Waals surface area contributed by atoms with Gasteiger partial charge in [0.2, 0.25) is 0 Å². The van der Waals surface area contributed by atoms with Crippen LogP contribution in [-0.4, -0.2) is 26.4 Å². The summed E-state index contributed by atoms with van der Waals surface area (Å²) in [6, 6.07) is 13.2. The Labute approximate surface area is 148 Å². The second-order valence-electron chi connectivity index (χ2n) is 6.09. The van der Waals surface area contributed by atoms with Crippen molar-refractivity contribution in [1.29, 1.82) is 0 Å². The molecule has 0 atom stereocenters. The molecule has 0 saturated heterocycles. The van der Waals surface area contributed by atoms with Crippen LogP contribution in [0.3, 0.4) is 0 Å². The van der Waals surface area contributed by atoms with Crippen molar-refractivity contribution in [3.05, 3.63) is 59.2 Å². The number of anilines is 2. The minimum absolute atomic E-state index is 0.221. The van der Waals surface area contributed by atoms with Gasteiger partial charge in [-0.2, -0.15) is 0 Å². The Morgan fingerprint density at radius 1 is 1.16 bits per heavy atom. The Hall–Kier alpha value is -2.82. The van der Waals surface area contributed by atoms with Crippen LogP contribution in [0.5, 0.6) is 0 Å². The summed E-state index contributed by atoms with van der Waals surface area (Å²) in [7, 11) is 3.75. The molecule has 0 aliphatic carbocycles. The summed E-state index contributed by atoms with van der Waals surface area (Å²) in [5, 5.41) is 0.